The first-order valence-electron chi connectivity index (χ1n) is 10.9. The van der Waals surface area contributed by atoms with Crippen molar-refractivity contribution in [1.29, 1.82) is 0 Å². The predicted octanol–water partition coefficient (Wildman–Crippen LogP) is 3.90. The molecule has 0 unspecified atom stereocenters. The Balaban J connectivity index is 1.46. The molecule has 8 heteroatoms. The zero-order valence-corrected chi connectivity index (χ0v) is 19.0. The summed E-state index contributed by atoms with van der Waals surface area (Å²) in [5.41, 5.74) is 4.03. The third-order valence-electron chi connectivity index (χ3n) is 5.77. The van der Waals surface area contributed by atoms with Crippen LogP contribution in [-0.4, -0.2) is 48.2 Å². The molecule has 1 fully saturated rings. The van der Waals surface area contributed by atoms with Crippen LogP contribution in [0.25, 0.3) is 0 Å². The van der Waals surface area contributed by atoms with E-state index in [9.17, 15) is 9.59 Å². The molecule has 0 spiro atoms. The lowest BCUT2D eigenvalue weighted by Gasteiger charge is -2.27. The van der Waals surface area contributed by atoms with Crippen LogP contribution in [0, 0.1) is 20.8 Å². The third kappa shape index (κ3) is 5.06. The lowest BCUT2D eigenvalue weighted by molar-refractivity contribution is 0.0302. The maximum absolute atomic E-state index is 12.9. The molecule has 2 amide bonds. The number of nitrogens with one attached hydrogen (secondary N) is 1. The topological polar surface area (TPSA) is 93.9 Å². The van der Waals surface area contributed by atoms with Gasteiger partial charge < -0.3 is 24.2 Å². The number of aryl methyl sites for hydroxylation is 2. The fourth-order valence-electron chi connectivity index (χ4n) is 3.72. The van der Waals surface area contributed by atoms with E-state index in [-0.39, 0.29) is 11.8 Å². The van der Waals surface area contributed by atoms with Crippen LogP contribution >= 0.6 is 0 Å². The average molecular weight is 450 g/mol. The largest absolute Gasteiger partial charge is 0.489 e. The van der Waals surface area contributed by atoms with E-state index in [1.807, 2.05) is 20.8 Å². The normalized spacial score (nSPS) is 13.6. The molecule has 4 rings (SSSR count). The second-order valence-electron chi connectivity index (χ2n) is 7.96. The van der Waals surface area contributed by atoms with Crippen LogP contribution in [0.15, 0.2) is 47.0 Å². The van der Waals surface area contributed by atoms with E-state index in [1.165, 1.54) is 0 Å². The monoisotopic (exact) mass is 449 g/mol. The molecule has 1 aliphatic rings. The SMILES string of the molecule is Cc1noc(C)c1COc1cccc(C(=O)Nc2cccc(C(=O)N3CCOCC3)c2C)c1. The van der Waals surface area contributed by atoms with Gasteiger partial charge in [0.1, 0.15) is 18.1 Å². The lowest BCUT2D eigenvalue weighted by atomic mass is 10.0. The van der Waals surface area contributed by atoms with Crippen LogP contribution in [0.3, 0.4) is 0 Å². The minimum Gasteiger partial charge on any atom is -0.489 e. The van der Waals surface area contributed by atoms with Crippen molar-refractivity contribution < 1.29 is 23.6 Å². The Morgan fingerprint density at radius 1 is 1.09 bits per heavy atom. The van der Waals surface area contributed by atoms with Gasteiger partial charge in [-0.2, -0.15) is 0 Å². The summed E-state index contributed by atoms with van der Waals surface area (Å²) in [7, 11) is 0. The molecule has 0 atom stereocenters. The highest BCUT2D eigenvalue weighted by Gasteiger charge is 2.21. The van der Waals surface area contributed by atoms with Crippen molar-refractivity contribution >= 4 is 17.5 Å². The number of hydrogen-bond acceptors (Lipinski definition) is 6. The van der Waals surface area contributed by atoms with Crippen molar-refractivity contribution in [3.05, 3.63) is 76.2 Å². The van der Waals surface area contributed by atoms with Gasteiger partial charge in [-0.1, -0.05) is 17.3 Å². The summed E-state index contributed by atoms with van der Waals surface area (Å²) in [6.45, 7) is 8.04. The summed E-state index contributed by atoms with van der Waals surface area (Å²) in [6, 6.07) is 12.3. The Labute approximate surface area is 192 Å². The van der Waals surface area contributed by atoms with Gasteiger partial charge in [0.15, 0.2) is 0 Å². The second-order valence-corrected chi connectivity index (χ2v) is 7.96. The number of anilines is 1. The lowest BCUT2D eigenvalue weighted by Crippen LogP contribution is -2.41. The number of carbonyl (C=O) groups is 2. The first-order chi connectivity index (χ1) is 15.9. The van der Waals surface area contributed by atoms with Crippen LogP contribution in [0.5, 0.6) is 5.75 Å². The second kappa shape index (κ2) is 9.87. The van der Waals surface area contributed by atoms with Gasteiger partial charge in [-0.25, -0.2) is 0 Å². The number of hydrogen-bond donors (Lipinski definition) is 1. The molecule has 0 aliphatic carbocycles. The van der Waals surface area contributed by atoms with Crippen LogP contribution < -0.4 is 10.1 Å². The molecule has 2 aromatic carbocycles. The third-order valence-corrected chi connectivity index (χ3v) is 5.77. The van der Waals surface area contributed by atoms with Crippen LogP contribution in [0.4, 0.5) is 5.69 Å². The van der Waals surface area contributed by atoms with Gasteiger partial charge in [-0.3, -0.25) is 9.59 Å². The van der Waals surface area contributed by atoms with Crippen molar-refractivity contribution in [1.82, 2.24) is 10.1 Å². The summed E-state index contributed by atoms with van der Waals surface area (Å²) in [5, 5.41) is 6.85. The molecule has 1 N–H and O–H groups in total. The van der Waals surface area contributed by atoms with Gasteiger partial charge in [0.25, 0.3) is 11.8 Å². The first-order valence-corrected chi connectivity index (χ1v) is 10.9. The Morgan fingerprint density at radius 3 is 2.58 bits per heavy atom. The Morgan fingerprint density at radius 2 is 1.85 bits per heavy atom. The smallest absolute Gasteiger partial charge is 0.255 e. The summed E-state index contributed by atoms with van der Waals surface area (Å²) >= 11 is 0. The molecular formula is C25H27N3O5. The molecular weight excluding hydrogens is 422 g/mol. The highest BCUT2D eigenvalue weighted by molar-refractivity contribution is 6.06. The van der Waals surface area contributed by atoms with Crippen molar-refractivity contribution in [2.24, 2.45) is 0 Å². The summed E-state index contributed by atoms with van der Waals surface area (Å²) < 4.78 is 16.3. The average Bonchev–Trinajstić information content (AvgIpc) is 3.16. The van der Waals surface area contributed by atoms with Crippen LogP contribution in [0.2, 0.25) is 0 Å². The van der Waals surface area contributed by atoms with E-state index < -0.39 is 0 Å². The molecule has 1 saturated heterocycles. The van der Waals surface area contributed by atoms with E-state index in [0.717, 1.165) is 16.8 Å². The molecule has 8 nitrogen and oxygen atoms in total. The minimum atomic E-state index is -0.281. The van der Waals surface area contributed by atoms with Gasteiger partial charge >= 0.3 is 0 Å². The quantitative estimate of drug-likeness (QED) is 0.613. The fraction of sp³-hybridized carbons (Fsp3) is 0.320. The molecule has 33 heavy (non-hydrogen) atoms. The predicted molar refractivity (Wildman–Crippen MR) is 123 cm³/mol. The number of morpholine rings is 1. The number of nitrogens with zero attached hydrogens (tertiary/aromatic N) is 2. The van der Waals surface area contributed by atoms with Crippen molar-refractivity contribution in [2.75, 3.05) is 31.6 Å². The van der Waals surface area contributed by atoms with Crippen LogP contribution in [0.1, 0.15) is 43.3 Å². The molecule has 0 radical (unpaired) electrons. The number of aromatic nitrogens is 1. The van der Waals surface area contributed by atoms with Crippen molar-refractivity contribution in [3.8, 4) is 5.75 Å². The van der Waals surface area contributed by atoms with E-state index >= 15 is 0 Å². The molecule has 3 aromatic rings. The Bertz CT molecular complexity index is 1150. The Hall–Kier alpha value is -3.65. The number of carbonyl (C=O) groups excluding carboxylic acids is 2. The molecule has 1 aromatic heterocycles. The molecule has 1 aliphatic heterocycles. The van der Waals surface area contributed by atoms with Gasteiger partial charge in [0.2, 0.25) is 0 Å². The van der Waals surface area contributed by atoms with Crippen LogP contribution in [-0.2, 0) is 11.3 Å². The number of ether oxygens (including phenoxy) is 2. The van der Waals surface area contributed by atoms with Gasteiger partial charge in [0.05, 0.1) is 24.5 Å². The highest BCUT2D eigenvalue weighted by atomic mass is 16.5. The summed E-state index contributed by atoms with van der Waals surface area (Å²) in [4.78, 5) is 27.6. The first kappa shape index (κ1) is 22.5. The van der Waals surface area contributed by atoms with Gasteiger partial charge in [0, 0.05) is 29.9 Å². The molecule has 2 heterocycles. The van der Waals surface area contributed by atoms with E-state index in [4.69, 9.17) is 14.0 Å². The number of benzene rings is 2. The maximum Gasteiger partial charge on any atom is 0.255 e. The maximum atomic E-state index is 12.9. The standard InChI is InChI=1S/C25H27N3O5/c1-16-21(25(30)28-10-12-31-13-11-28)8-5-9-23(16)26-24(29)19-6-4-7-20(14-19)32-15-22-17(2)27-33-18(22)3/h4-9,14H,10-13,15H2,1-3H3,(H,26,29). The van der Waals surface area contributed by atoms with E-state index in [0.29, 0.717) is 61.2 Å². The number of amides is 2. The van der Waals surface area contributed by atoms with E-state index in [1.54, 1.807) is 47.4 Å². The number of rotatable bonds is 6. The van der Waals surface area contributed by atoms with Crippen molar-refractivity contribution in [3.63, 3.8) is 0 Å². The molecule has 0 saturated carbocycles. The zero-order valence-electron chi connectivity index (χ0n) is 19.0. The van der Waals surface area contributed by atoms with E-state index in [2.05, 4.69) is 10.5 Å². The Kier molecular flexibility index (Phi) is 6.74. The van der Waals surface area contributed by atoms with Gasteiger partial charge in [-0.15, -0.1) is 0 Å². The highest BCUT2D eigenvalue weighted by Crippen LogP contribution is 2.23. The fourth-order valence-corrected chi connectivity index (χ4v) is 3.72. The van der Waals surface area contributed by atoms with Gasteiger partial charge in [-0.05, 0) is 56.7 Å². The zero-order chi connectivity index (χ0) is 23.4. The summed E-state index contributed by atoms with van der Waals surface area (Å²) in [6.07, 6.45) is 0. The van der Waals surface area contributed by atoms with Crippen molar-refractivity contribution in [2.45, 2.75) is 27.4 Å². The minimum absolute atomic E-state index is 0.0541. The molecule has 0 bridgehead atoms. The molecule has 172 valence electrons. The summed E-state index contributed by atoms with van der Waals surface area (Å²) in [5.74, 6) is 0.942.